The Morgan fingerprint density at radius 1 is 0.714 bits per heavy atom. The Morgan fingerprint density at radius 2 is 1.21 bits per heavy atom. The molecule has 0 aromatic heterocycles. The lowest BCUT2D eigenvalue weighted by atomic mass is 9.99. The Morgan fingerprint density at radius 3 is 1.79 bits per heavy atom. The fourth-order valence-corrected chi connectivity index (χ4v) is 3.60. The molecule has 0 radical (unpaired) electrons. The number of hydrogen-bond donors (Lipinski definition) is 1. The van der Waals surface area contributed by atoms with Crippen LogP contribution < -0.4 is 4.90 Å². The largest absolute Gasteiger partial charge is 0.534 e. The number of aromatic hydroxyl groups is 1. The van der Waals surface area contributed by atoms with E-state index in [4.69, 9.17) is 0 Å². The SMILES string of the molecule is O=C1N=[N+](c2c3ccccc3c(O)c3ccccc23)C(=O)N1c1ccccc1. The molecule has 1 aliphatic heterocycles. The van der Waals surface area contributed by atoms with Crippen LogP contribution in [0.5, 0.6) is 5.75 Å². The van der Waals surface area contributed by atoms with E-state index in [0.29, 0.717) is 32.9 Å². The van der Waals surface area contributed by atoms with Crippen molar-refractivity contribution in [2.24, 2.45) is 5.11 Å². The van der Waals surface area contributed by atoms with Gasteiger partial charge < -0.3 is 5.11 Å². The van der Waals surface area contributed by atoms with E-state index in [2.05, 4.69) is 5.11 Å². The fraction of sp³-hybridized carbons (Fsp3) is 0. The smallest absolute Gasteiger partial charge is 0.507 e. The third-order valence-corrected chi connectivity index (χ3v) is 4.85. The second-order valence-corrected chi connectivity index (χ2v) is 6.44. The summed E-state index contributed by atoms with van der Waals surface area (Å²) in [6.45, 7) is 0. The molecule has 0 bridgehead atoms. The van der Waals surface area contributed by atoms with E-state index in [0.717, 1.165) is 9.60 Å². The van der Waals surface area contributed by atoms with E-state index in [9.17, 15) is 14.7 Å². The molecule has 5 rings (SSSR count). The van der Waals surface area contributed by atoms with E-state index in [1.54, 1.807) is 48.5 Å². The zero-order valence-corrected chi connectivity index (χ0v) is 14.6. The van der Waals surface area contributed by atoms with E-state index in [1.807, 2.05) is 30.3 Å². The number of fused-ring (bicyclic) bond motifs is 2. The van der Waals surface area contributed by atoms with E-state index < -0.39 is 12.1 Å². The number of nitrogens with zero attached hydrogens (tertiary/aromatic N) is 3. The molecule has 6 nitrogen and oxygen atoms in total. The van der Waals surface area contributed by atoms with Crippen molar-refractivity contribution in [3.63, 3.8) is 0 Å². The molecule has 134 valence electrons. The van der Waals surface area contributed by atoms with Crippen LogP contribution in [0.1, 0.15) is 0 Å². The number of amides is 4. The van der Waals surface area contributed by atoms with Gasteiger partial charge in [-0.1, -0.05) is 64.2 Å². The maximum atomic E-state index is 13.2. The van der Waals surface area contributed by atoms with Crippen LogP contribution in [-0.2, 0) is 0 Å². The number of phenolic OH excluding ortho intramolecular Hbond substituents is 1. The maximum Gasteiger partial charge on any atom is 0.534 e. The summed E-state index contributed by atoms with van der Waals surface area (Å²) in [6.07, 6.45) is 0. The molecule has 0 saturated carbocycles. The number of phenols is 1. The van der Waals surface area contributed by atoms with Crippen LogP contribution in [0.4, 0.5) is 21.0 Å². The first-order valence-electron chi connectivity index (χ1n) is 8.74. The van der Waals surface area contributed by atoms with Crippen molar-refractivity contribution in [3.05, 3.63) is 78.9 Å². The molecule has 1 aliphatic rings. The van der Waals surface area contributed by atoms with Gasteiger partial charge in [0.15, 0.2) is 5.69 Å². The van der Waals surface area contributed by atoms with Gasteiger partial charge in [-0.3, -0.25) is 0 Å². The van der Waals surface area contributed by atoms with Crippen LogP contribution in [0.25, 0.3) is 21.5 Å². The molecule has 6 heteroatoms. The number of carbonyl (C=O) groups is 2. The number of urea groups is 2. The van der Waals surface area contributed by atoms with Gasteiger partial charge >= 0.3 is 12.1 Å². The third-order valence-electron chi connectivity index (χ3n) is 4.85. The number of hydrogen-bond acceptors (Lipinski definition) is 3. The average molecular weight is 368 g/mol. The molecule has 0 aliphatic carbocycles. The number of anilines is 1. The first kappa shape index (κ1) is 16.1. The Balaban J connectivity index is 1.80. The molecular formula is C22H14N3O3+. The van der Waals surface area contributed by atoms with Gasteiger partial charge in [0.25, 0.3) is 0 Å². The summed E-state index contributed by atoms with van der Waals surface area (Å²) in [5.74, 6) is 0.132. The van der Waals surface area contributed by atoms with Gasteiger partial charge in [-0.25, -0.2) is 4.79 Å². The number of imide groups is 1. The minimum atomic E-state index is -0.655. The van der Waals surface area contributed by atoms with Crippen molar-refractivity contribution >= 4 is 45.0 Å². The van der Waals surface area contributed by atoms with Crippen LogP contribution in [0.15, 0.2) is 84.0 Å². The van der Waals surface area contributed by atoms with Gasteiger partial charge in [-0.05, 0) is 24.3 Å². The monoisotopic (exact) mass is 368 g/mol. The zero-order valence-electron chi connectivity index (χ0n) is 14.6. The number of rotatable bonds is 2. The molecule has 1 N–H and O–H groups in total. The van der Waals surface area contributed by atoms with Crippen LogP contribution in [-0.4, -0.2) is 21.9 Å². The molecule has 0 atom stereocenters. The molecule has 0 fully saturated rings. The van der Waals surface area contributed by atoms with Crippen molar-refractivity contribution in [2.45, 2.75) is 0 Å². The first-order valence-corrected chi connectivity index (χ1v) is 8.74. The van der Waals surface area contributed by atoms with Gasteiger partial charge in [0.05, 0.1) is 0 Å². The van der Waals surface area contributed by atoms with Crippen LogP contribution in [0.3, 0.4) is 0 Å². The van der Waals surface area contributed by atoms with Crippen molar-refractivity contribution in [2.75, 3.05) is 4.90 Å². The zero-order chi connectivity index (χ0) is 19.3. The average Bonchev–Trinajstić information content (AvgIpc) is 3.03. The van der Waals surface area contributed by atoms with Crippen molar-refractivity contribution in [3.8, 4) is 5.75 Å². The number of carbonyl (C=O) groups excluding carboxylic acids is 2. The van der Waals surface area contributed by atoms with Gasteiger partial charge in [0.1, 0.15) is 11.4 Å². The standard InChI is InChI=1S/C22H13N3O3/c26-20-17-12-6-4-10-15(17)19(16-11-5-7-13-18(16)20)25-22(28)24(21(27)23-25)14-8-2-1-3-9-14/h1-13H/p+1. The minimum Gasteiger partial charge on any atom is -0.507 e. The lowest BCUT2D eigenvalue weighted by molar-refractivity contribution is -0.391. The molecule has 28 heavy (non-hydrogen) atoms. The predicted octanol–water partition coefficient (Wildman–Crippen LogP) is 5.56. The highest BCUT2D eigenvalue weighted by Crippen LogP contribution is 2.43. The summed E-state index contributed by atoms with van der Waals surface area (Å²) in [5, 5.41) is 17.2. The Hall–Kier alpha value is -4.06. The summed E-state index contributed by atoms with van der Waals surface area (Å²) in [4.78, 5) is 26.8. The fourth-order valence-electron chi connectivity index (χ4n) is 3.60. The van der Waals surface area contributed by atoms with Crippen molar-refractivity contribution < 1.29 is 19.4 Å². The van der Waals surface area contributed by atoms with E-state index >= 15 is 0 Å². The van der Waals surface area contributed by atoms with Crippen LogP contribution >= 0.6 is 0 Å². The minimum absolute atomic E-state index is 0.132. The number of azo groups is 2. The number of benzene rings is 4. The molecule has 4 amide bonds. The number of para-hydroxylation sites is 1. The highest BCUT2D eigenvalue weighted by molar-refractivity contribution is 6.17. The quantitative estimate of drug-likeness (QED) is 0.372. The molecule has 0 unspecified atom stereocenters. The summed E-state index contributed by atoms with van der Waals surface area (Å²) < 4.78 is 1.12. The normalized spacial score (nSPS) is 14.1. The maximum absolute atomic E-state index is 13.2. The van der Waals surface area contributed by atoms with Gasteiger partial charge in [0, 0.05) is 26.7 Å². The van der Waals surface area contributed by atoms with Crippen LogP contribution in [0, 0.1) is 0 Å². The summed E-state index contributed by atoms with van der Waals surface area (Å²) in [5.41, 5.74) is 0.928. The highest BCUT2D eigenvalue weighted by Gasteiger charge is 2.46. The van der Waals surface area contributed by atoms with Gasteiger partial charge in [-0.15, -0.1) is 0 Å². The summed E-state index contributed by atoms with van der Waals surface area (Å²) in [7, 11) is 0. The Labute approximate surface area is 159 Å². The Bertz CT molecular complexity index is 1260. The summed E-state index contributed by atoms with van der Waals surface area (Å²) >= 11 is 0. The van der Waals surface area contributed by atoms with E-state index in [1.165, 1.54) is 0 Å². The van der Waals surface area contributed by atoms with Crippen molar-refractivity contribution in [1.29, 1.82) is 0 Å². The topological polar surface area (TPSA) is 73.0 Å². The predicted molar refractivity (Wildman–Crippen MR) is 105 cm³/mol. The molecule has 4 aromatic carbocycles. The van der Waals surface area contributed by atoms with E-state index in [-0.39, 0.29) is 5.75 Å². The first-order chi connectivity index (χ1) is 13.7. The molecular weight excluding hydrogens is 354 g/mol. The van der Waals surface area contributed by atoms with Gasteiger partial charge in [0.2, 0.25) is 0 Å². The third kappa shape index (κ3) is 2.21. The molecule has 4 aromatic rings. The Kier molecular flexibility index (Phi) is 3.45. The van der Waals surface area contributed by atoms with Gasteiger partial charge in [-0.2, -0.15) is 4.79 Å². The second-order valence-electron chi connectivity index (χ2n) is 6.44. The molecule has 0 saturated heterocycles. The van der Waals surface area contributed by atoms with Crippen LogP contribution in [0.2, 0.25) is 0 Å². The molecule has 1 heterocycles. The lowest BCUT2D eigenvalue weighted by Gasteiger charge is -2.10. The second kappa shape index (κ2) is 5.99. The molecule has 0 spiro atoms. The van der Waals surface area contributed by atoms with Crippen molar-refractivity contribution in [1.82, 2.24) is 0 Å². The highest BCUT2D eigenvalue weighted by atomic mass is 16.3. The lowest BCUT2D eigenvalue weighted by Crippen LogP contribution is -2.31. The summed E-state index contributed by atoms with van der Waals surface area (Å²) in [6, 6.07) is 21.9.